The Hall–Kier alpha value is -3.85. The first-order valence-electron chi connectivity index (χ1n) is 9.64. The first-order valence-corrected chi connectivity index (χ1v) is 10.5. The number of benzene rings is 3. The third kappa shape index (κ3) is 5.86. The molecule has 0 bridgehead atoms. The number of carbonyl (C=O) groups is 2. The first-order chi connectivity index (χ1) is 15.4. The molecule has 0 saturated heterocycles. The summed E-state index contributed by atoms with van der Waals surface area (Å²) in [7, 11) is 1.55. The smallest absolute Gasteiger partial charge is 0.269 e. The predicted octanol–water partition coefficient (Wildman–Crippen LogP) is 4.98. The maximum atomic E-state index is 12.5. The van der Waals surface area contributed by atoms with Gasteiger partial charge in [-0.05, 0) is 55.5 Å². The molecule has 0 aliphatic rings. The van der Waals surface area contributed by atoms with Crippen LogP contribution in [0.25, 0.3) is 0 Å². The molecule has 0 radical (unpaired) electrons. The number of anilines is 2. The average molecular weight is 452 g/mol. The van der Waals surface area contributed by atoms with E-state index in [9.17, 15) is 19.7 Å². The highest BCUT2D eigenvalue weighted by atomic mass is 32.2. The maximum absolute atomic E-state index is 12.5. The molecule has 1 unspecified atom stereocenters. The molecule has 0 saturated carbocycles. The van der Waals surface area contributed by atoms with E-state index in [0.717, 1.165) is 4.90 Å². The van der Waals surface area contributed by atoms with Crippen LogP contribution in [0.3, 0.4) is 0 Å². The molecular weight excluding hydrogens is 430 g/mol. The molecule has 1 atom stereocenters. The second kappa shape index (κ2) is 10.5. The van der Waals surface area contributed by atoms with Gasteiger partial charge in [0.15, 0.2) is 0 Å². The number of thioether (sulfide) groups is 1. The summed E-state index contributed by atoms with van der Waals surface area (Å²) >= 11 is 1.38. The van der Waals surface area contributed by atoms with Gasteiger partial charge in [-0.1, -0.05) is 12.1 Å². The summed E-state index contributed by atoms with van der Waals surface area (Å²) in [5, 5.41) is 16.0. The number of nitro groups is 1. The lowest BCUT2D eigenvalue weighted by molar-refractivity contribution is -0.384. The molecule has 3 aromatic carbocycles. The zero-order chi connectivity index (χ0) is 23.1. The quantitative estimate of drug-likeness (QED) is 0.284. The van der Waals surface area contributed by atoms with Crippen molar-refractivity contribution in [1.29, 1.82) is 0 Å². The number of rotatable bonds is 8. The lowest BCUT2D eigenvalue weighted by Crippen LogP contribution is -2.22. The van der Waals surface area contributed by atoms with Gasteiger partial charge >= 0.3 is 0 Å². The number of hydrogen-bond donors (Lipinski definition) is 2. The zero-order valence-electron chi connectivity index (χ0n) is 17.4. The van der Waals surface area contributed by atoms with Crippen molar-refractivity contribution in [3.8, 4) is 5.75 Å². The van der Waals surface area contributed by atoms with Gasteiger partial charge in [-0.25, -0.2) is 0 Å². The van der Waals surface area contributed by atoms with E-state index < -0.39 is 4.92 Å². The van der Waals surface area contributed by atoms with Gasteiger partial charge in [-0.15, -0.1) is 11.8 Å². The summed E-state index contributed by atoms with van der Waals surface area (Å²) < 4.78 is 5.25. The fraction of sp³-hybridized carbons (Fsp3) is 0.130. The highest BCUT2D eigenvalue weighted by Gasteiger charge is 2.16. The zero-order valence-corrected chi connectivity index (χ0v) is 18.2. The molecule has 0 aliphatic heterocycles. The van der Waals surface area contributed by atoms with Crippen molar-refractivity contribution < 1.29 is 19.2 Å². The van der Waals surface area contributed by atoms with Crippen molar-refractivity contribution in [2.24, 2.45) is 0 Å². The summed E-state index contributed by atoms with van der Waals surface area (Å²) in [6.45, 7) is 1.81. The number of ether oxygens (including phenoxy) is 1. The average Bonchev–Trinajstić information content (AvgIpc) is 2.80. The Balaban J connectivity index is 1.57. The SMILES string of the molecule is COc1ccccc1NC(=O)C(C)Sc1ccc(NC(=O)c2ccc([N+](=O)[O-])cc2)cc1. The Morgan fingerprint density at radius 1 is 0.969 bits per heavy atom. The molecule has 8 nitrogen and oxygen atoms in total. The highest BCUT2D eigenvalue weighted by molar-refractivity contribution is 8.00. The maximum Gasteiger partial charge on any atom is 0.269 e. The molecular formula is C23H21N3O5S. The topological polar surface area (TPSA) is 111 Å². The minimum Gasteiger partial charge on any atom is -0.495 e. The Morgan fingerprint density at radius 2 is 1.62 bits per heavy atom. The Labute approximate surface area is 189 Å². The molecule has 0 spiro atoms. The number of hydrogen-bond acceptors (Lipinski definition) is 6. The van der Waals surface area contributed by atoms with E-state index in [-0.39, 0.29) is 22.8 Å². The Kier molecular flexibility index (Phi) is 7.45. The number of carbonyl (C=O) groups excluding carboxylic acids is 2. The lowest BCUT2D eigenvalue weighted by Gasteiger charge is -2.14. The van der Waals surface area contributed by atoms with Gasteiger partial charge in [0.25, 0.3) is 11.6 Å². The molecule has 3 aromatic rings. The molecule has 164 valence electrons. The van der Waals surface area contributed by atoms with Crippen LogP contribution in [0.5, 0.6) is 5.75 Å². The van der Waals surface area contributed by atoms with Gasteiger partial charge in [0.1, 0.15) is 5.75 Å². The molecule has 0 aromatic heterocycles. The Bertz CT molecular complexity index is 1120. The summed E-state index contributed by atoms with van der Waals surface area (Å²) in [6.07, 6.45) is 0. The van der Waals surface area contributed by atoms with Crippen LogP contribution in [0.1, 0.15) is 17.3 Å². The fourth-order valence-corrected chi connectivity index (χ4v) is 3.66. The molecule has 9 heteroatoms. The number of para-hydroxylation sites is 2. The van der Waals surface area contributed by atoms with Crippen LogP contribution in [-0.2, 0) is 4.79 Å². The van der Waals surface area contributed by atoms with E-state index in [1.807, 2.05) is 24.3 Å². The standard InChI is InChI=1S/C23H21N3O5S/c1-15(22(27)25-20-5-3-4-6-21(20)31-2)32-19-13-9-17(10-14-19)24-23(28)16-7-11-18(12-8-16)26(29)30/h3-15H,1-2H3,(H,24,28)(H,25,27). The van der Waals surface area contributed by atoms with Crippen molar-refractivity contribution in [2.45, 2.75) is 17.1 Å². The normalized spacial score (nSPS) is 11.3. The van der Waals surface area contributed by atoms with Crippen LogP contribution >= 0.6 is 11.8 Å². The van der Waals surface area contributed by atoms with Crippen LogP contribution in [0.4, 0.5) is 17.1 Å². The largest absolute Gasteiger partial charge is 0.495 e. The van der Waals surface area contributed by atoms with Gasteiger partial charge in [0.05, 0.1) is 23.0 Å². The molecule has 0 fully saturated rings. The van der Waals surface area contributed by atoms with Crippen LogP contribution in [0.2, 0.25) is 0 Å². The van der Waals surface area contributed by atoms with Gasteiger partial charge in [0, 0.05) is 28.3 Å². The van der Waals surface area contributed by atoms with Crippen LogP contribution in [-0.4, -0.2) is 29.1 Å². The summed E-state index contributed by atoms with van der Waals surface area (Å²) in [6, 6.07) is 19.7. The van der Waals surface area contributed by atoms with Crippen LogP contribution < -0.4 is 15.4 Å². The van der Waals surface area contributed by atoms with Crippen molar-refractivity contribution in [2.75, 3.05) is 17.7 Å². The molecule has 3 rings (SSSR count). The minimum absolute atomic E-state index is 0.0770. The van der Waals surface area contributed by atoms with E-state index in [0.29, 0.717) is 22.7 Å². The Morgan fingerprint density at radius 3 is 2.25 bits per heavy atom. The lowest BCUT2D eigenvalue weighted by atomic mass is 10.2. The number of nitrogens with one attached hydrogen (secondary N) is 2. The third-order valence-corrected chi connectivity index (χ3v) is 5.61. The number of amides is 2. The molecule has 0 aliphatic carbocycles. The van der Waals surface area contributed by atoms with Gasteiger partial charge < -0.3 is 15.4 Å². The number of methoxy groups -OCH3 is 1. The second-order valence-electron chi connectivity index (χ2n) is 6.73. The van der Waals surface area contributed by atoms with Crippen LogP contribution in [0, 0.1) is 10.1 Å². The summed E-state index contributed by atoms with van der Waals surface area (Å²) in [5.41, 5.74) is 1.42. The molecule has 2 amide bonds. The molecule has 0 heterocycles. The van der Waals surface area contributed by atoms with Crippen molar-refractivity contribution in [1.82, 2.24) is 0 Å². The summed E-state index contributed by atoms with van der Waals surface area (Å²) in [5.74, 6) is 0.0612. The van der Waals surface area contributed by atoms with Crippen LogP contribution in [0.15, 0.2) is 77.7 Å². The van der Waals surface area contributed by atoms with E-state index in [2.05, 4.69) is 10.6 Å². The van der Waals surface area contributed by atoms with Crippen molar-refractivity contribution >= 4 is 40.6 Å². The highest BCUT2D eigenvalue weighted by Crippen LogP contribution is 2.28. The number of nitrogens with zero attached hydrogens (tertiary/aromatic N) is 1. The number of non-ortho nitro benzene ring substituents is 1. The van der Waals surface area contributed by atoms with Gasteiger partial charge in [-0.2, -0.15) is 0 Å². The first kappa shape index (κ1) is 22.8. The van der Waals surface area contributed by atoms with Gasteiger partial charge in [0.2, 0.25) is 5.91 Å². The summed E-state index contributed by atoms with van der Waals surface area (Å²) in [4.78, 5) is 35.9. The van der Waals surface area contributed by atoms with E-state index in [4.69, 9.17) is 4.74 Å². The third-order valence-electron chi connectivity index (χ3n) is 4.50. The van der Waals surface area contributed by atoms with E-state index in [1.165, 1.54) is 36.0 Å². The monoisotopic (exact) mass is 451 g/mol. The van der Waals surface area contributed by atoms with Gasteiger partial charge in [-0.3, -0.25) is 19.7 Å². The second-order valence-corrected chi connectivity index (χ2v) is 8.15. The van der Waals surface area contributed by atoms with E-state index in [1.54, 1.807) is 38.3 Å². The van der Waals surface area contributed by atoms with Crippen molar-refractivity contribution in [3.63, 3.8) is 0 Å². The molecule has 32 heavy (non-hydrogen) atoms. The van der Waals surface area contributed by atoms with Crippen molar-refractivity contribution in [3.05, 3.63) is 88.5 Å². The van der Waals surface area contributed by atoms with E-state index >= 15 is 0 Å². The fourth-order valence-electron chi connectivity index (χ4n) is 2.79. The number of nitro benzene ring substituents is 1. The minimum atomic E-state index is -0.518. The predicted molar refractivity (Wildman–Crippen MR) is 124 cm³/mol. The molecule has 2 N–H and O–H groups in total.